The van der Waals surface area contributed by atoms with Crippen LogP contribution in [0.5, 0.6) is 0 Å². The Kier molecular flexibility index (Phi) is 4.84. The summed E-state index contributed by atoms with van der Waals surface area (Å²) in [7, 11) is 0. The molecule has 21 heavy (non-hydrogen) atoms. The molecule has 0 spiro atoms. The molecule has 0 amide bonds. The SMILES string of the molecule is CCCNCC1CCCOC1c1cncc2ccccc12. The van der Waals surface area contributed by atoms with Crippen LogP contribution in [0, 0.1) is 5.92 Å². The highest BCUT2D eigenvalue weighted by atomic mass is 16.5. The predicted octanol–water partition coefficient (Wildman–Crippen LogP) is 3.70. The van der Waals surface area contributed by atoms with Gasteiger partial charge in [0, 0.05) is 42.4 Å². The van der Waals surface area contributed by atoms with Crippen LogP contribution in [-0.2, 0) is 4.74 Å². The molecule has 3 heteroatoms. The monoisotopic (exact) mass is 284 g/mol. The first-order chi connectivity index (χ1) is 10.4. The molecule has 0 aliphatic carbocycles. The van der Waals surface area contributed by atoms with Gasteiger partial charge < -0.3 is 10.1 Å². The number of ether oxygens (including phenoxy) is 1. The van der Waals surface area contributed by atoms with Crippen molar-refractivity contribution in [2.24, 2.45) is 5.92 Å². The van der Waals surface area contributed by atoms with Gasteiger partial charge in [0.1, 0.15) is 0 Å². The largest absolute Gasteiger partial charge is 0.373 e. The predicted molar refractivity (Wildman–Crippen MR) is 86.3 cm³/mol. The average molecular weight is 284 g/mol. The van der Waals surface area contributed by atoms with E-state index in [1.165, 1.54) is 29.2 Å². The molecule has 1 aromatic carbocycles. The summed E-state index contributed by atoms with van der Waals surface area (Å²) in [5, 5.41) is 6.03. The fraction of sp³-hybridized carbons (Fsp3) is 0.500. The normalized spacial score (nSPS) is 22.5. The van der Waals surface area contributed by atoms with Crippen molar-refractivity contribution < 1.29 is 4.74 Å². The molecule has 1 N–H and O–H groups in total. The Labute approximate surface area is 126 Å². The van der Waals surface area contributed by atoms with Crippen molar-refractivity contribution in [1.82, 2.24) is 10.3 Å². The highest BCUT2D eigenvalue weighted by Crippen LogP contribution is 2.36. The maximum absolute atomic E-state index is 6.14. The lowest BCUT2D eigenvalue weighted by Crippen LogP contribution is -2.32. The summed E-state index contributed by atoms with van der Waals surface area (Å²) >= 11 is 0. The Morgan fingerprint density at radius 2 is 2.19 bits per heavy atom. The molecular formula is C18H24N2O. The van der Waals surface area contributed by atoms with Gasteiger partial charge in [-0.25, -0.2) is 0 Å². The fourth-order valence-corrected chi connectivity index (χ4v) is 3.23. The number of pyridine rings is 1. The maximum Gasteiger partial charge on any atom is 0.0886 e. The number of benzene rings is 1. The Hall–Kier alpha value is -1.45. The van der Waals surface area contributed by atoms with E-state index < -0.39 is 0 Å². The third-order valence-electron chi connectivity index (χ3n) is 4.28. The molecule has 0 saturated carbocycles. The Bertz CT molecular complexity index is 579. The zero-order valence-electron chi connectivity index (χ0n) is 12.7. The van der Waals surface area contributed by atoms with Crippen LogP contribution in [0.3, 0.4) is 0 Å². The summed E-state index contributed by atoms with van der Waals surface area (Å²) in [6.45, 7) is 5.17. The van der Waals surface area contributed by atoms with Crippen LogP contribution in [0.25, 0.3) is 10.8 Å². The lowest BCUT2D eigenvalue weighted by Gasteiger charge is -2.32. The fourth-order valence-electron chi connectivity index (χ4n) is 3.23. The van der Waals surface area contributed by atoms with Crippen LogP contribution in [0.15, 0.2) is 36.7 Å². The topological polar surface area (TPSA) is 34.1 Å². The van der Waals surface area contributed by atoms with E-state index in [4.69, 9.17) is 4.74 Å². The van der Waals surface area contributed by atoms with Gasteiger partial charge in [-0.2, -0.15) is 0 Å². The van der Waals surface area contributed by atoms with E-state index in [1.54, 1.807) is 0 Å². The van der Waals surface area contributed by atoms with E-state index in [1.807, 2.05) is 12.4 Å². The van der Waals surface area contributed by atoms with Crippen LogP contribution >= 0.6 is 0 Å². The lowest BCUT2D eigenvalue weighted by molar-refractivity contribution is -0.0270. The number of hydrogen-bond donors (Lipinski definition) is 1. The minimum absolute atomic E-state index is 0.168. The molecular weight excluding hydrogens is 260 g/mol. The minimum Gasteiger partial charge on any atom is -0.373 e. The van der Waals surface area contributed by atoms with Crippen LogP contribution in [0.2, 0.25) is 0 Å². The van der Waals surface area contributed by atoms with Crippen molar-refractivity contribution in [3.05, 3.63) is 42.2 Å². The zero-order valence-corrected chi connectivity index (χ0v) is 12.7. The molecule has 1 aliphatic rings. The standard InChI is InChI=1S/C18H24N2O/c1-2-9-19-12-15-7-5-10-21-18(15)17-13-20-11-14-6-3-4-8-16(14)17/h3-4,6,8,11,13,15,18-19H,2,5,7,9-10,12H2,1H3. The van der Waals surface area contributed by atoms with Gasteiger partial charge >= 0.3 is 0 Å². The van der Waals surface area contributed by atoms with E-state index in [0.717, 1.165) is 26.1 Å². The van der Waals surface area contributed by atoms with E-state index >= 15 is 0 Å². The molecule has 0 bridgehead atoms. The number of hydrogen-bond acceptors (Lipinski definition) is 3. The van der Waals surface area contributed by atoms with Crippen molar-refractivity contribution in [3.63, 3.8) is 0 Å². The maximum atomic E-state index is 6.14. The molecule has 0 radical (unpaired) electrons. The van der Waals surface area contributed by atoms with Crippen LogP contribution in [0.1, 0.15) is 37.9 Å². The van der Waals surface area contributed by atoms with Crippen molar-refractivity contribution in [2.75, 3.05) is 19.7 Å². The summed E-state index contributed by atoms with van der Waals surface area (Å²) in [6, 6.07) is 8.47. The lowest BCUT2D eigenvalue weighted by atomic mass is 9.88. The number of rotatable bonds is 5. The molecule has 1 fully saturated rings. The number of aromatic nitrogens is 1. The van der Waals surface area contributed by atoms with Gasteiger partial charge in [-0.3, -0.25) is 4.98 Å². The number of fused-ring (bicyclic) bond motifs is 1. The summed E-state index contributed by atoms with van der Waals surface area (Å²) in [4.78, 5) is 4.42. The molecule has 1 aliphatic heterocycles. The van der Waals surface area contributed by atoms with Crippen LogP contribution < -0.4 is 5.32 Å². The molecule has 3 nitrogen and oxygen atoms in total. The van der Waals surface area contributed by atoms with Crippen LogP contribution in [-0.4, -0.2) is 24.7 Å². The second-order valence-electron chi connectivity index (χ2n) is 5.85. The number of nitrogens with one attached hydrogen (secondary N) is 1. The molecule has 2 atom stereocenters. The molecule has 3 rings (SSSR count). The van der Waals surface area contributed by atoms with Gasteiger partial charge in [-0.15, -0.1) is 0 Å². The van der Waals surface area contributed by atoms with Gasteiger partial charge in [0.15, 0.2) is 0 Å². The van der Waals surface area contributed by atoms with Gasteiger partial charge in [0.2, 0.25) is 0 Å². The van der Waals surface area contributed by atoms with Crippen LogP contribution in [0.4, 0.5) is 0 Å². The first-order valence-corrected chi connectivity index (χ1v) is 8.05. The quantitative estimate of drug-likeness (QED) is 0.850. The number of nitrogens with zero attached hydrogens (tertiary/aromatic N) is 1. The third-order valence-corrected chi connectivity index (χ3v) is 4.28. The second kappa shape index (κ2) is 7.01. The van der Waals surface area contributed by atoms with Crippen molar-refractivity contribution >= 4 is 10.8 Å². The molecule has 112 valence electrons. The Morgan fingerprint density at radius 1 is 1.29 bits per heavy atom. The highest BCUT2D eigenvalue weighted by Gasteiger charge is 2.28. The zero-order chi connectivity index (χ0) is 14.5. The first-order valence-electron chi connectivity index (χ1n) is 8.05. The second-order valence-corrected chi connectivity index (χ2v) is 5.85. The Balaban J connectivity index is 1.87. The molecule has 2 unspecified atom stereocenters. The summed E-state index contributed by atoms with van der Waals surface area (Å²) in [6.07, 6.45) is 7.66. The van der Waals surface area contributed by atoms with Gasteiger partial charge in [0.25, 0.3) is 0 Å². The van der Waals surface area contributed by atoms with E-state index in [0.29, 0.717) is 5.92 Å². The summed E-state index contributed by atoms with van der Waals surface area (Å²) in [5.74, 6) is 0.540. The summed E-state index contributed by atoms with van der Waals surface area (Å²) < 4.78 is 6.14. The molecule has 1 aromatic heterocycles. The van der Waals surface area contributed by atoms with Crippen molar-refractivity contribution in [2.45, 2.75) is 32.3 Å². The van der Waals surface area contributed by atoms with Gasteiger partial charge in [-0.05, 0) is 31.2 Å². The molecule has 1 saturated heterocycles. The minimum atomic E-state index is 0.168. The molecule has 2 aromatic rings. The third kappa shape index (κ3) is 3.25. The summed E-state index contributed by atoms with van der Waals surface area (Å²) in [5.41, 5.74) is 1.25. The first kappa shape index (κ1) is 14.5. The van der Waals surface area contributed by atoms with E-state index in [9.17, 15) is 0 Å². The average Bonchev–Trinajstić information content (AvgIpc) is 2.55. The smallest absolute Gasteiger partial charge is 0.0886 e. The van der Waals surface area contributed by atoms with Gasteiger partial charge in [0.05, 0.1) is 6.10 Å². The molecule has 2 heterocycles. The van der Waals surface area contributed by atoms with Crippen molar-refractivity contribution in [3.8, 4) is 0 Å². The van der Waals surface area contributed by atoms with E-state index in [-0.39, 0.29) is 6.10 Å². The van der Waals surface area contributed by atoms with Gasteiger partial charge in [-0.1, -0.05) is 31.2 Å². The van der Waals surface area contributed by atoms with Crippen molar-refractivity contribution in [1.29, 1.82) is 0 Å². The highest BCUT2D eigenvalue weighted by molar-refractivity contribution is 5.85. The Morgan fingerprint density at radius 3 is 3.10 bits per heavy atom. The van der Waals surface area contributed by atoms with E-state index in [2.05, 4.69) is 41.5 Å².